The zero-order valence-corrected chi connectivity index (χ0v) is 15.9. The molecule has 136 valence electrons. The lowest BCUT2D eigenvalue weighted by Crippen LogP contribution is -2.29. The van der Waals surface area contributed by atoms with E-state index in [2.05, 4.69) is 18.9 Å². The van der Waals surface area contributed by atoms with Crippen molar-refractivity contribution in [2.24, 2.45) is 0 Å². The Kier molecular flexibility index (Phi) is 4.37. The summed E-state index contributed by atoms with van der Waals surface area (Å²) in [5.41, 5.74) is 2.05. The van der Waals surface area contributed by atoms with Crippen LogP contribution in [0, 0.1) is 6.92 Å². The number of hydrogen-bond acceptors (Lipinski definition) is 7. The fourth-order valence-corrected chi connectivity index (χ4v) is 4.39. The monoisotopic (exact) mass is 371 g/mol. The van der Waals surface area contributed by atoms with Crippen molar-refractivity contribution in [1.29, 1.82) is 0 Å². The van der Waals surface area contributed by atoms with E-state index in [1.165, 1.54) is 10.4 Å². The molecule has 0 fully saturated rings. The van der Waals surface area contributed by atoms with Gasteiger partial charge in [-0.3, -0.25) is 0 Å². The number of aromatic nitrogens is 4. The van der Waals surface area contributed by atoms with Crippen molar-refractivity contribution >= 4 is 33.1 Å². The molecule has 0 atom stereocenters. The fraction of sp³-hybridized carbons (Fsp3) is 0.389. The Balaban J connectivity index is 2.06. The first-order valence-corrected chi connectivity index (χ1v) is 9.58. The number of aliphatic hydroxyl groups excluding tert-OH is 1. The van der Waals surface area contributed by atoms with Gasteiger partial charge in [-0.1, -0.05) is 6.92 Å². The highest BCUT2D eigenvalue weighted by atomic mass is 32.1. The number of aryl methyl sites for hydroxylation is 2. The first-order chi connectivity index (χ1) is 12.7. The first kappa shape index (κ1) is 17.0. The normalized spacial score (nSPS) is 11.7. The predicted molar refractivity (Wildman–Crippen MR) is 103 cm³/mol. The molecule has 26 heavy (non-hydrogen) atoms. The maximum absolute atomic E-state index is 9.43. The lowest BCUT2D eigenvalue weighted by Gasteiger charge is -2.21. The van der Waals surface area contributed by atoms with Crippen LogP contribution in [0.3, 0.4) is 0 Å². The summed E-state index contributed by atoms with van der Waals surface area (Å²) in [6.45, 7) is 7.57. The Bertz CT molecular complexity index is 1050. The van der Waals surface area contributed by atoms with Crippen molar-refractivity contribution in [2.45, 2.75) is 27.2 Å². The summed E-state index contributed by atoms with van der Waals surface area (Å²) in [6, 6.07) is 3.68. The third kappa shape index (κ3) is 2.57. The number of aliphatic hydroxyl groups is 1. The van der Waals surface area contributed by atoms with Crippen molar-refractivity contribution in [2.75, 3.05) is 24.6 Å². The molecule has 7 nitrogen and oxygen atoms in total. The van der Waals surface area contributed by atoms with Gasteiger partial charge in [0.1, 0.15) is 4.83 Å². The highest BCUT2D eigenvalue weighted by Gasteiger charge is 2.22. The van der Waals surface area contributed by atoms with Gasteiger partial charge < -0.3 is 14.4 Å². The third-order valence-corrected chi connectivity index (χ3v) is 5.58. The fourth-order valence-electron chi connectivity index (χ4n) is 3.28. The van der Waals surface area contributed by atoms with Crippen LogP contribution in [0.15, 0.2) is 22.8 Å². The SMILES string of the molecule is CCc1c(C)sc2nc(N(CC)CCO)n3nc(-c4ccco4)nc3c12. The molecule has 4 rings (SSSR count). The van der Waals surface area contributed by atoms with Crippen molar-refractivity contribution in [1.82, 2.24) is 19.6 Å². The summed E-state index contributed by atoms with van der Waals surface area (Å²) in [6.07, 6.45) is 2.53. The number of hydrogen-bond donors (Lipinski definition) is 1. The first-order valence-electron chi connectivity index (χ1n) is 8.76. The van der Waals surface area contributed by atoms with E-state index in [4.69, 9.17) is 14.4 Å². The molecule has 4 heterocycles. The predicted octanol–water partition coefficient (Wildman–Crippen LogP) is 3.29. The van der Waals surface area contributed by atoms with Gasteiger partial charge in [-0.2, -0.15) is 4.52 Å². The third-order valence-electron chi connectivity index (χ3n) is 4.54. The van der Waals surface area contributed by atoms with Crippen molar-refractivity contribution in [3.05, 3.63) is 28.8 Å². The van der Waals surface area contributed by atoms with Gasteiger partial charge in [-0.25, -0.2) is 9.97 Å². The van der Waals surface area contributed by atoms with Crippen molar-refractivity contribution in [3.63, 3.8) is 0 Å². The quantitative estimate of drug-likeness (QED) is 0.560. The molecule has 0 saturated heterocycles. The van der Waals surface area contributed by atoms with Crippen LogP contribution in [-0.4, -0.2) is 44.4 Å². The van der Waals surface area contributed by atoms with E-state index in [1.54, 1.807) is 22.1 Å². The van der Waals surface area contributed by atoms with Gasteiger partial charge in [0, 0.05) is 18.0 Å². The van der Waals surface area contributed by atoms with Gasteiger partial charge in [-0.05, 0) is 38.0 Å². The molecule has 1 N–H and O–H groups in total. The Morgan fingerprint density at radius 2 is 2.15 bits per heavy atom. The Hall–Kier alpha value is -2.45. The highest BCUT2D eigenvalue weighted by Crippen LogP contribution is 2.35. The van der Waals surface area contributed by atoms with Crippen LogP contribution in [-0.2, 0) is 6.42 Å². The molecule has 0 amide bonds. The molecule has 8 heteroatoms. The van der Waals surface area contributed by atoms with Crippen LogP contribution in [0.2, 0.25) is 0 Å². The van der Waals surface area contributed by atoms with Gasteiger partial charge in [0.15, 0.2) is 11.4 Å². The molecular formula is C18H21N5O2S. The van der Waals surface area contributed by atoms with Crippen LogP contribution in [0.25, 0.3) is 27.4 Å². The summed E-state index contributed by atoms with van der Waals surface area (Å²) < 4.78 is 7.27. The molecule has 0 aliphatic rings. The minimum Gasteiger partial charge on any atom is -0.461 e. The van der Waals surface area contributed by atoms with Gasteiger partial charge in [-0.15, -0.1) is 16.4 Å². The average Bonchev–Trinajstić information content (AvgIpc) is 3.35. The largest absolute Gasteiger partial charge is 0.461 e. The van der Waals surface area contributed by atoms with Gasteiger partial charge in [0.25, 0.3) is 0 Å². The molecule has 0 radical (unpaired) electrons. The Morgan fingerprint density at radius 3 is 2.81 bits per heavy atom. The molecular weight excluding hydrogens is 350 g/mol. The van der Waals surface area contributed by atoms with Crippen LogP contribution < -0.4 is 4.90 Å². The lowest BCUT2D eigenvalue weighted by atomic mass is 10.1. The van der Waals surface area contributed by atoms with Crippen LogP contribution in [0.4, 0.5) is 5.95 Å². The Morgan fingerprint density at radius 1 is 1.31 bits per heavy atom. The number of thiophene rings is 1. The number of furan rings is 1. The van der Waals surface area contributed by atoms with Crippen molar-refractivity contribution in [3.8, 4) is 11.6 Å². The average molecular weight is 371 g/mol. The topological polar surface area (TPSA) is 79.7 Å². The van der Waals surface area contributed by atoms with Crippen LogP contribution >= 0.6 is 11.3 Å². The van der Waals surface area contributed by atoms with E-state index in [-0.39, 0.29) is 6.61 Å². The summed E-state index contributed by atoms with van der Waals surface area (Å²) in [7, 11) is 0. The second kappa shape index (κ2) is 6.69. The highest BCUT2D eigenvalue weighted by molar-refractivity contribution is 7.18. The second-order valence-electron chi connectivity index (χ2n) is 6.03. The molecule has 4 aromatic heterocycles. The number of likely N-dealkylation sites (N-methyl/N-ethyl adjacent to an activating group) is 1. The van der Waals surface area contributed by atoms with E-state index in [0.717, 1.165) is 28.8 Å². The molecule has 0 aromatic carbocycles. The van der Waals surface area contributed by atoms with Crippen LogP contribution in [0.1, 0.15) is 24.3 Å². The molecule has 0 bridgehead atoms. The number of fused-ring (bicyclic) bond motifs is 3. The Labute approximate surface area is 154 Å². The van der Waals surface area contributed by atoms with E-state index < -0.39 is 0 Å². The summed E-state index contributed by atoms with van der Waals surface area (Å²) in [5, 5.41) is 15.2. The van der Waals surface area contributed by atoms with E-state index in [1.807, 2.05) is 24.0 Å². The second-order valence-corrected chi connectivity index (χ2v) is 7.24. The van der Waals surface area contributed by atoms with Crippen LogP contribution in [0.5, 0.6) is 0 Å². The number of nitrogens with zero attached hydrogens (tertiary/aromatic N) is 5. The van der Waals surface area contributed by atoms with E-state index in [9.17, 15) is 5.11 Å². The molecule has 0 spiro atoms. The van der Waals surface area contributed by atoms with Crippen molar-refractivity contribution < 1.29 is 9.52 Å². The molecule has 0 aliphatic carbocycles. The van der Waals surface area contributed by atoms with Gasteiger partial charge >= 0.3 is 0 Å². The minimum atomic E-state index is 0.0540. The summed E-state index contributed by atoms with van der Waals surface area (Å²) in [4.78, 5) is 13.9. The zero-order valence-electron chi connectivity index (χ0n) is 15.1. The molecule has 0 saturated carbocycles. The smallest absolute Gasteiger partial charge is 0.230 e. The lowest BCUT2D eigenvalue weighted by molar-refractivity contribution is 0.301. The number of anilines is 1. The minimum absolute atomic E-state index is 0.0540. The molecule has 0 unspecified atom stereocenters. The standard InChI is InChI=1S/C18H21N5O2S/c1-4-12-11(3)26-17-14(12)16-19-15(13-7-6-10-25-13)21-23(16)18(20-17)22(5-2)8-9-24/h6-7,10,24H,4-5,8-9H2,1-3H3. The summed E-state index contributed by atoms with van der Waals surface area (Å²) in [5.74, 6) is 1.86. The van der Waals surface area contributed by atoms with Gasteiger partial charge in [0.2, 0.25) is 11.8 Å². The van der Waals surface area contributed by atoms with Gasteiger partial charge in [0.05, 0.1) is 18.3 Å². The maximum Gasteiger partial charge on any atom is 0.230 e. The molecule has 0 aliphatic heterocycles. The summed E-state index contributed by atoms with van der Waals surface area (Å²) >= 11 is 1.68. The maximum atomic E-state index is 9.43. The molecule has 4 aromatic rings. The van der Waals surface area contributed by atoms with E-state index >= 15 is 0 Å². The number of rotatable bonds is 6. The van der Waals surface area contributed by atoms with E-state index in [0.29, 0.717) is 24.1 Å². The zero-order chi connectivity index (χ0) is 18.3.